The highest BCUT2D eigenvalue weighted by molar-refractivity contribution is 5.94. The lowest BCUT2D eigenvalue weighted by molar-refractivity contribution is -0.385. The van der Waals surface area contributed by atoms with Gasteiger partial charge in [0.1, 0.15) is 12.4 Å². The van der Waals surface area contributed by atoms with Crippen molar-refractivity contribution in [2.45, 2.75) is 6.92 Å². The van der Waals surface area contributed by atoms with Gasteiger partial charge in [-0.25, -0.2) is 4.39 Å². The minimum absolute atomic E-state index is 0.161. The van der Waals surface area contributed by atoms with Gasteiger partial charge in [-0.05, 0) is 13.0 Å². The third kappa shape index (κ3) is 2.79. The molecule has 0 heterocycles. The Balaban J connectivity index is 3.07. The number of nitro groups is 1. The summed E-state index contributed by atoms with van der Waals surface area (Å²) in [6, 6.07) is 4.58. The van der Waals surface area contributed by atoms with Gasteiger partial charge < -0.3 is 4.90 Å². The van der Waals surface area contributed by atoms with E-state index in [2.05, 4.69) is 0 Å². The minimum atomic E-state index is -0.967. The number of carbonyl (C=O) groups excluding carboxylic acids is 1. The number of hydrogen-bond acceptors (Lipinski definition) is 4. The summed E-state index contributed by atoms with van der Waals surface area (Å²) in [6.45, 7) is 1.74. The van der Waals surface area contributed by atoms with E-state index in [-0.39, 0.29) is 18.7 Å². The molecule has 0 bridgehead atoms. The fourth-order valence-electron chi connectivity index (χ4n) is 1.37. The van der Waals surface area contributed by atoms with Crippen LogP contribution in [0.3, 0.4) is 0 Å². The highest BCUT2D eigenvalue weighted by Crippen LogP contribution is 2.17. The van der Waals surface area contributed by atoms with Crippen LogP contribution in [-0.4, -0.2) is 28.8 Å². The minimum Gasteiger partial charge on any atom is -0.326 e. The van der Waals surface area contributed by atoms with Gasteiger partial charge >= 0.3 is 0 Å². The van der Waals surface area contributed by atoms with E-state index in [1.807, 2.05) is 0 Å². The van der Waals surface area contributed by atoms with Crippen LogP contribution in [0.25, 0.3) is 0 Å². The highest BCUT2D eigenvalue weighted by Gasteiger charge is 2.20. The quantitative estimate of drug-likeness (QED) is 0.463. The summed E-state index contributed by atoms with van der Waals surface area (Å²) in [7, 11) is 0. The van der Waals surface area contributed by atoms with Gasteiger partial charge in [-0.3, -0.25) is 14.9 Å². The number of carbonyl (C=O) groups is 1. The number of halogens is 1. The maximum Gasteiger partial charge on any atom is 0.272 e. The number of benzene rings is 1. The zero-order valence-electron chi connectivity index (χ0n) is 9.59. The molecule has 0 aliphatic heterocycles. The average molecular weight is 251 g/mol. The Morgan fingerprint density at radius 2 is 2.28 bits per heavy atom. The van der Waals surface area contributed by atoms with Crippen LogP contribution in [0.1, 0.15) is 17.3 Å². The number of nitriles is 1. The predicted molar refractivity (Wildman–Crippen MR) is 60.2 cm³/mol. The van der Waals surface area contributed by atoms with Gasteiger partial charge in [0, 0.05) is 12.6 Å². The first-order valence-corrected chi connectivity index (χ1v) is 5.11. The lowest BCUT2D eigenvalue weighted by atomic mass is 10.1. The number of rotatable bonds is 4. The maximum atomic E-state index is 13.6. The summed E-state index contributed by atoms with van der Waals surface area (Å²) in [4.78, 5) is 22.7. The Kier molecular flexibility index (Phi) is 4.32. The van der Waals surface area contributed by atoms with Crippen molar-refractivity contribution in [3.8, 4) is 6.07 Å². The lowest BCUT2D eigenvalue weighted by Crippen LogP contribution is -2.31. The molecule has 0 saturated carbocycles. The predicted octanol–water partition coefficient (Wildman–Crippen LogP) is 1.72. The topological polar surface area (TPSA) is 87.2 Å². The summed E-state index contributed by atoms with van der Waals surface area (Å²) >= 11 is 0. The second-order valence-electron chi connectivity index (χ2n) is 3.40. The molecule has 0 atom stereocenters. The lowest BCUT2D eigenvalue weighted by Gasteiger charge is -2.17. The molecule has 0 spiro atoms. The van der Waals surface area contributed by atoms with Crippen LogP contribution in [0.15, 0.2) is 18.2 Å². The van der Waals surface area contributed by atoms with Crippen molar-refractivity contribution < 1.29 is 14.1 Å². The van der Waals surface area contributed by atoms with Crippen LogP contribution in [0.5, 0.6) is 0 Å². The van der Waals surface area contributed by atoms with E-state index in [4.69, 9.17) is 5.26 Å². The number of nitro benzene ring substituents is 1. The largest absolute Gasteiger partial charge is 0.326 e. The van der Waals surface area contributed by atoms with Crippen molar-refractivity contribution in [3.05, 3.63) is 39.7 Å². The number of amides is 1. The molecule has 0 unspecified atom stereocenters. The van der Waals surface area contributed by atoms with Gasteiger partial charge in [-0.1, -0.05) is 0 Å². The zero-order chi connectivity index (χ0) is 13.7. The van der Waals surface area contributed by atoms with E-state index in [1.54, 1.807) is 13.0 Å². The Morgan fingerprint density at radius 3 is 2.72 bits per heavy atom. The Hall–Kier alpha value is -2.49. The van der Waals surface area contributed by atoms with Gasteiger partial charge in [0.2, 0.25) is 0 Å². The smallest absolute Gasteiger partial charge is 0.272 e. The Morgan fingerprint density at radius 1 is 1.61 bits per heavy atom. The first-order chi connectivity index (χ1) is 8.51. The molecule has 7 heteroatoms. The van der Waals surface area contributed by atoms with Gasteiger partial charge in [0.05, 0.1) is 22.6 Å². The molecule has 18 heavy (non-hydrogen) atoms. The van der Waals surface area contributed by atoms with E-state index in [9.17, 15) is 19.3 Å². The van der Waals surface area contributed by atoms with Gasteiger partial charge in [0.25, 0.3) is 11.6 Å². The first kappa shape index (κ1) is 13.6. The fraction of sp³-hybridized carbons (Fsp3) is 0.273. The van der Waals surface area contributed by atoms with Gasteiger partial charge in [-0.2, -0.15) is 5.26 Å². The molecule has 94 valence electrons. The second kappa shape index (κ2) is 5.72. The van der Waals surface area contributed by atoms with E-state index in [0.29, 0.717) is 6.07 Å². The number of nitrogens with zero attached hydrogens (tertiary/aromatic N) is 3. The third-order valence-electron chi connectivity index (χ3n) is 2.32. The normalized spacial score (nSPS) is 9.61. The van der Waals surface area contributed by atoms with Crippen LogP contribution >= 0.6 is 0 Å². The van der Waals surface area contributed by atoms with Crippen LogP contribution in [0.4, 0.5) is 10.1 Å². The monoisotopic (exact) mass is 251 g/mol. The number of hydrogen-bond donors (Lipinski definition) is 0. The molecule has 0 aromatic heterocycles. The van der Waals surface area contributed by atoms with Crippen molar-refractivity contribution >= 4 is 11.6 Å². The Labute approximate surface area is 102 Å². The molecule has 1 amide bonds. The van der Waals surface area contributed by atoms with Crippen LogP contribution in [0, 0.1) is 27.3 Å². The standard InChI is InChI=1S/C11H10FN3O3/c1-2-14(6-5-13)11(16)9-4-3-8(15(17)18)7-10(9)12/h3-4,7H,2,6H2,1H3. The van der Waals surface area contributed by atoms with Crippen LogP contribution < -0.4 is 0 Å². The molecular formula is C11H10FN3O3. The SMILES string of the molecule is CCN(CC#N)C(=O)c1ccc([N+](=O)[O-])cc1F. The van der Waals surface area contributed by atoms with E-state index >= 15 is 0 Å². The molecule has 0 aliphatic rings. The molecule has 0 N–H and O–H groups in total. The molecular weight excluding hydrogens is 241 g/mol. The summed E-state index contributed by atoms with van der Waals surface area (Å²) < 4.78 is 13.6. The molecule has 1 rings (SSSR count). The molecule has 6 nitrogen and oxygen atoms in total. The molecule has 0 radical (unpaired) electrons. The maximum absolute atomic E-state index is 13.6. The second-order valence-corrected chi connectivity index (χ2v) is 3.40. The summed E-state index contributed by atoms with van der Waals surface area (Å²) in [5, 5.41) is 19.0. The van der Waals surface area contributed by atoms with Crippen molar-refractivity contribution in [1.29, 1.82) is 5.26 Å². The summed E-state index contributed by atoms with van der Waals surface area (Å²) in [5.74, 6) is -1.63. The van der Waals surface area contributed by atoms with Crippen LogP contribution in [-0.2, 0) is 0 Å². The first-order valence-electron chi connectivity index (χ1n) is 5.11. The third-order valence-corrected chi connectivity index (χ3v) is 2.32. The number of non-ortho nitro benzene ring substituents is 1. The van der Waals surface area contributed by atoms with Crippen molar-refractivity contribution in [2.75, 3.05) is 13.1 Å². The van der Waals surface area contributed by atoms with Gasteiger partial charge in [0.15, 0.2) is 0 Å². The van der Waals surface area contributed by atoms with E-state index in [0.717, 1.165) is 17.0 Å². The molecule has 0 saturated heterocycles. The zero-order valence-corrected chi connectivity index (χ0v) is 9.59. The Bertz CT molecular complexity index is 525. The molecule has 0 aliphatic carbocycles. The summed E-state index contributed by atoms with van der Waals surface area (Å²) in [5.41, 5.74) is -0.704. The van der Waals surface area contributed by atoms with Crippen molar-refractivity contribution in [2.24, 2.45) is 0 Å². The molecule has 1 aromatic carbocycles. The highest BCUT2D eigenvalue weighted by atomic mass is 19.1. The van der Waals surface area contributed by atoms with Crippen LogP contribution in [0.2, 0.25) is 0 Å². The van der Waals surface area contributed by atoms with Gasteiger partial charge in [-0.15, -0.1) is 0 Å². The molecule has 0 fully saturated rings. The fourth-order valence-corrected chi connectivity index (χ4v) is 1.37. The van der Waals surface area contributed by atoms with Crippen molar-refractivity contribution in [1.82, 2.24) is 4.90 Å². The van der Waals surface area contributed by atoms with E-state index in [1.165, 1.54) is 0 Å². The average Bonchev–Trinajstić information content (AvgIpc) is 2.34. The summed E-state index contributed by atoms with van der Waals surface area (Å²) in [6.07, 6.45) is 0. The van der Waals surface area contributed by atoms with E-state index < -0.39 is 22.3 Å². The van der Waals surface area contributed by atoms with Crippen molar-refractivity contribution in [3.63, 3.8) is 0 Å². The molecule has 1 aromatic rings.